The molecule has 1 atom stereocenters. The molecule has 0 unspecified atom stereocenters. The Bertz CT molecular complexity index is 1190. The predicted molar refractivity (Wildman–Crippen MR) is 141 cm³/mol. The van der Waals surface area contributed by atoms with E-state index in [0.717, 1.165) is 21.7 Å². The Hall–Kier alpha value is -3.27. The Morgan fingerprint density at radius 1 is 1.06 bits per heavy atom. The quantitative estimate of drug-likeness (QED) is 0.517. The van der Waals surface area contributed by atoms with E-state index in [4.69, 9.17) is 9.47 Å². The average Bonchev–Trinajstić information content (AvgIpc) is 2.79. The highest BCUT2D eigenvalue weighted by Crippen LogP contribution is 2.33. The molecule has 0 aromatic heterocycles. The zero-order valence-electron chi connectivity index (χ0n) is 22.3. The van der Waals surface area contributed by atoms with Crippen LogP contribution in [0.25, 0.3) is 0 Å². The molecule has 9 nitrogen and oxygen atoms in total. The van der Waals surface area contributed by atoms with Gasteiger partial charge < -0.3 is 19.7 Å². The summed E-state index contributed by atoms with van der Waals surface area (Å²) < 4.78 is 37.2. The SMILES string of the molecule is COc1ccc(N(CC(=O)N(Cc2ccccc2C)[C@H](C)C(=O)NC(C)(C)C)S(C)(=O)=O)c(OC)c1. The fourth-order valence-corrected chi connectivity index (χ4v) is 4.47. The minimum atomic E-state index is -3.89. The van der Waals surface area contributed by atoms with Gasteiger partial charge in [-0.05, 0) is 57.9 Å². The van der Waals surface area contributed by atoms with Crippen LogP contribution in [0.2, 0.25) is 0 Å². The van der Waals surface area contributed by atoms with Gasteiger partial charge in [-0.15, -0.1) is 0 Å². The maximum Gasteiger partial charge on any atom is 0.244 e. The molecule has 2 aromatic rings. The van der Waals surface area contributed by atoms with E-state index in [1.807, 2.05) is 52.0 Å². The number of hydrogen-bond acceptors (Lipinski definition) is 6. The van der Waals surface area contributed by atoms with Gasteiger partial charge in [-0.2, -0.15) is 0 Å². The summed E-state index contributed by atoms with van der Waals surface area (Å²) in [5.41, 5.74) is 1.50. The van der Waals surface area contributed by atoms with E-state index < -0.39 is 34.1 Å². The number of amides is 2. The molecule has 0 aliphatic carbocycles. The number of carbonyl (C=O) groups excluding carboxylic acids is 2. The Kier molecular flexibility index (Phi) is 9.37. The lowest BCUT2D eigenvalue weighted by molar-refractivity contribution is -0.140. The lowest BCUT2D eigenvalue weighted by atomic mass is 10.1. The molecule has 1 N–H and O–H groups in total. The average molecular weight is 520 g/mol. The third kappa shape index (κ3) is 7.61. The predicted octanol–water partition coefficient (Wildman–Crippen LogP) is 3.11. The summed E-state index contributed by atoms with van der Waals surface area (Å²) in [4.78, 5) is 28.1. The lowest BCUT2D eigenvalue weighted by Crippen LogP contribution is -2.54. The highest BCUT2D eigenvalue weighted by molar-refractivity contribution is 7.92. The molecule has 0 radical (unpaired) electrons. The summed E-state index contributed by atoms with van der Waals surface area (Å²) in [7, 11) is -0.997. The van der Waals surface area contributed by atoms with E-state index in [1.54, 1.807) is 19.1 Å². The largest absolute Gasteiger partial charge is 0.497 e. The van der Waals surface area contributed by atoms with Gasteiger partial charge in [0.15, 0.2) is 0 Å². The summed E-state index contributed by atoms with van der Waals surface area (Å²) in [5.74, 6) is -0.156. The number of aryl methyl sites for hydroxylation is 1. The van der Waals surface area contributed by atoms with Gasteiger partial charge in [-0.1, -0.05) is 24.3 Å². The van der Waals surface area contributed by atoms with Crippen LogP contribution in [0.4, 0.5) is 5.69 Å². The molecule has 0 heterocycles. The number of sulfonamides is 1. The third-order valence-electron chi connectivity index (χ3n) is 5.60. The van der Waals surface area contributed by atoms with Crippen molar-refractivity contribution in [3.63, 3.8) is 0 Å². The molecule has 2 amide bonds. The number of hydrogen-bond donors (Lipinski definition) is 1. The van der Waals surface area contributed by atoms with Crippen molar-refractivity contribution in [1.82, 2.24) is 10.2 Å². The molecule has 0 saturated carbocycles. The van der Waals surface area contributed by atoms with E-state index in [0.29, 0.717) is 5.75 Å². The monoisotopic (exact) mass is 519 g/mol. The van der Waals surface area contributed by atoms with Gasteiger partial charge in [0, 0.05) is 18.2 Å². The number of methoxy groups -OCH3 is 2. The van der Waals surface area contributed by atoms with Crippen molar-refractivity contribution >= 4 is 27.5 Å². The molecule has 2 aromatic carbocycles. The molecular formula is C26H37N3O6S. The molecule has 0 aliphatic rings. The van der Waals surface area contributed by atoms with Crippen molar-refractivity contribution in [2.75, 3.05) is 31.3 Å². The van der Waals surface area contributed by atoms with Crippen molar-refractivity contribution in [1.29, 1.82) is 0 Å². The third-order valence-corrected chi connectivity index (χ3v) is 6.73. The van der Waals surface area contributed by atoms with Crippen LogP contribution in [0, 0.1) is 6.92 Å². The first kappa shape index (κ1) is 29.0. The van der Waals surface area contributed by atoms with Crippen LogP contribution in [-0.2, 0) is 26.2 Å². The van der Waals surface area contributed by atoms with Gasteiger partial charge in [0.1, 0.15) is 24.1 Å². The van der Waals surface area contributed by atoms with Gasteiger partial charge >= 0.3 is 0 Å². The molecule has 0 saturated heterocycles. The maximum atomic E-state index is 13.7. The van der Waals surface area contributed by atoms with Crippen LogP contribution in [0.15, 0.2) is 42.5 Å². The molecule has 2 rings (SSSR count). The van der Waals surface area contributed by atoms with Gasteiger partial charge in [0.05, 0.1) is 26.2 Å². The number of benzene rings is 2. The van der Waals surface area contributed by atoms with Crippen molar-refractivity contribution < 1.29 is 27.5 Å². The second-order valence-corrected chi connectivity index (χ2v) is 11.6. The molecule has 10 heteroatoms. The Morgan fingerprint density at radius 2 is 1.69 bits per heavy atom. The normalized spacial score (nSPS) is 12.4. The Balaban J connectivity index is 2.49. The minimum Gasteiger partial charge on any atom is -0.497 e. The smallest absolute Gasteiger partial charge is 0.244 e. The van der Waals surface area contributed by atoms with Gasteiger partial charge in [-0.25, -0.2) is 8.42 Å². The summed E-state index contributed by atoms with van der Waals surface area (Å²) in [6.45, 7) is 8.74. The standard InChI is InChI=1S/C26H37N3O6S/c1-18-11-9-10-12-20(18)16-28(19(2)25(31)27-26(3,4)5)24(30)17-29(36(8,32)33)22-14-13-21(34-6)15-23(22)35-7/h9-15,19H,16-17H2,1-8H3,(H,27,31)/t19-/m1/s1. The molecule has 0 bridgehead atoms. The summed E-state index contributed by atoms with van der Waals surface area (Å²) in [6, 6.07) is 11.3. The van der Waals surface area contributed by atoms with Crippen molar-refractivity contribution in [3.8, 4) is 11.5 Å². The number of nitrogens with one attached hydrogen (secondary N) is 1. The summed E-state index contributed by atoms with van der Waals surface area (Å²) >= 11 is 0. The van der Waals surface area contributed by atoms with Crippen LogP contribution in [0.5, 0.6) is 11.5 Å². The summed E-state index contributed by atoms with van der Waals surface area (Å²) in [6.07, 6.45) is 1.02. The van der Waals surface area contributed by atoms with E-state index >= 15 is 0 Å². The highest BCUT2D eigenvalue weighted by Gasteiger charge is 2.32. The number of nitrogens with zero attached hydrogens (tertiary/aromatic N) is 2. The van der Waals surface area contributed by atoms with Crippen molar-refractivity contribution in [3.05, 3.63) is 53.6 Å². The lowest BCUT2D eigenvalue weighted by Gasteiger charge is -2.33. The first-order valence-corrected chi connectivity index (χ1v) is 13.4. The van der Waals surface area contributed by atoms with Gasteiger partial charge in [0.25, 0.3) is 0 Å². The van der Waals surface area contributed by atoms with Gasteiger partial charge in [-0.3, -0.25) is 13.9 Å². The fraction of sp³-hybridized carbons (Fsp3) is 0.462. The van der Waals surface area contributed by atoms with Crippen LogP contribution in [-0.4, -0.2) is 63.7 Å². The van der Waals surface area contributed by atoms with Crippen molar-refractivity contribution in [2.45, 2.75) is 52.7 Å². The van der Waals surface area contributed by atoms with Crippen molar-refractivity contribution in [2.24, 2.45) is 0 Å². The Labute approximate surface area is 214 Å². The molecule has 0 fully saturated rings. The zero-order valence-corrected chi connectivity index (χ0v) is 23.1. The van der Waals surface area contributed by atoms with Crippen LogP contribution < -0.4 is 19.1 Å². The fourth-order valence-electron chi connectivity index (χ4n) is 3.61. The van der Waals surface area contributed by atoms with Gasteiger partial charge in [0.2, 0.25) is 21.8 Å². The second kappa shape index (κ2) is 11.6. The first-order chi connectivity index (χ1) is 16.7. The topological polar surface area (TPSA) is 105 Å². The minimum absolute atomic E-state index is 0.140. The molecule has 0 spiro atoms. The highest BCUT2D eigenvalue weighted by atomic mass is 32.2. The van der Waals surface area contributed by atoms with Crippen LogP contribution in [0.3, 0.4) is 0 Å². The van der Waals surface area contributed by atoms with Crippen LogP contribution in [0.1, 0.15) is 38.8 Å². The first-order valence-electron chi connectivity index (χ1n) is 11.5. The second-order valence-electron chi connectivity index (χ2n) is 9.67. The van der Waals surface area contributed by atoms with Crippen LogP contribution >= 0.6 is 0 Å². The zero-order chi connectivity index (χ0) is 27.3. The number of rotatable bonds is 10. The molecular weight excluding hydrogens is 482 g/mol. The Morgan fingerprint density at radius 3 is 2.22 bits per heavy atom. The maximum absolute atomic E-state index is 13.7. The molecule has 0 aliphatic heterocycles. The number of anilines is 1. The number of carbonyl (C=O) groups is 2. The van der Waals surface area contributed by atoms with E-state index in [9.17, 15) is 18.0 Å². The summed E-state index contributed by atoms with van der Waals surface area (Å²) in [5, 5.41) is 2.90. The van der Waals surface area contributed by atoms with E-state index in [1.165, 1.54) is 25.2 Å². The molecule has 36 heavy (non-hydrogen) atoms. The number of ether oxygens (including phenoxy) is 2. The molecule has 198 valence electrons. The van der Waals surface area contributed by atoms with E-state index in [2.05, 4.69) is 5.32 Å². The van der Waals surface area contributed by atoms with E-state index in [-0.39, 0.29) is 23.9 Å².